The van der Waals surface area contributed by atoms with Crippen LogP contribution in [0.1, 0.15) is 34.7 Å². The first-order chi connectivity index (χ1) is 11.1. The molecule has 3 nitrogen and oxygen atoms in total. The molecule has 0 saturated carbocycles. The topological polar surface area (TPSA) is 38.7 Å². The van der Waals surface area contributed by atoms with Crippen molar-refractivity contribution in [2.45, 2.75) is 33.8 Å². The molecule has 0 bridgehead atoms. The van der Waals surface area contributed by atoms with Gasteiger partial charge >= 0.3 is 0 Å². The molecule has 0 radical (unpaired) electrons. The minimum absolute atomic E-state index is 0.0818. The molecule has 0 aliphatic carbocycles. The summed E-state index contributed by atoms with van der Waals surface area (Å²) in [7, 11) is 0. The number of aryl methyl sites for hydroxylation is 2. The average Bonchev–Trinajstić information content (AvgIpc) is 2.55. The van der Waals surface area contributed by atoms with Crippen molar-refractivity contribution in [1.82, 2.24) is 0 Å². The fourth-order valence-electron chi connectivity index (χ4n) is 2.72. The lowest BCUT2D eigenvalue weighted by Crippen LogP contribution is -2.07. The van der Waals surface area contributed by atoms with Crippen LogP contribution >= 0.6 is 0 Å². The first-order valence-electron chi connectivity index (χ1n) is 8.13. The van der Waals surface area contributed by atoms with Gasteiger partial charge in [0, 0.05) is 6.61 Å². The predicted octanol–water partition coefficient (Wildman–Crippen LogP) is 3.80. The molecule has 0 spiro atoms. The number of benzene rings is 2. The van der Waals surface area contributed by atoms with E-state index in [1.165, 1.54) is 22.3 Å². The van der Waals surface area contributed by atoms with E-state index in [4.69, 9.17) is 9.47 Å². The van der Waals surface area contributed by atoms with Gasteiger partial charge in [-0.05, 0) is 67.1 Å². The van der Waals surface area contributed by atoms with Gasteiger partial charge in [0.15, 0.2) is 0 Å². The molecule has 2 aromatic carbocycles. The Balaban J connectivity index is 2.10. The van der Waals surface area contributed by atoms with E-state index in [2.05, 4.69) is 38.1 Å². The van der Waals surface area contributed by atoms with E-state index in [-0.39, 0.29) is 6.61 Å². The number of hydrogen-bond acceptors (Lipinski definition) is 3. The van der Waals surface area contributed by atoms with Crippen molar-refractivity contribution in [1.29, 1.82) is 0 Å². The first kappa shape index (κ1) is 17.5. The second-order valence-corrected chi connectivity index (χ2v) is 5.74. The molecule has 0 aliphatic rings. The minimum atomic E-state index is 0.0818. The summed E-state index contributed by atoms with van der Waals surface area (Å²) in [6, 6.07) is 12.3. The van der Waals surface area contributed by atoms with Crippen molar-refractivity contribution in [3.05, 3.63) is 64.2 Å². The molecule has 0 saturated heterocycles. The highest BCUT2D eigenvalue weighted by molar-refractivity contribution is 5.44. The molecular weight excluding hydrogens is 288 g/mol. The summed E-state index contributed by atoms with van der Waals surface area (Å²) in [5.41, 5.74) is 5.94. The maximum absolute atomic E-state index is 9.27. The Morgan fingerprint density at radius 3 is 2.30 bits per heavy atom. The molecule has 2 aromatic rings. The normalized spacial score (nSPS) is 10.8. The van der Waals surface area contributed by atoms with Gasteiger partial charge in [-0.15, -0.1) is 0 Å². The zero-order valence-corrected chi connectivity index (χ0v) is 14.3. The maximum Gasteiger partial charge on any atom is 0.119 e. The summed E-state index contributed by atoms with van der Waals surface area (Å²) in [5.74, 6) is 0.896. The Kier molecular flexibility index (Phi) is 6.63. The third-order valence-electron chi connectivity index (χ3n) is 3.92. The van der Waals surface area contributed by atoms with Gasteiger partial charge in [0.05, 0.1) is 13.2 Å². The molecule has 124 valence electrons. The van der Waals surface area contributed by atoms with Crippen LogP contribution in [0.3, 0.4) is 0 Å². The van der Waals surface area contributed by atoms with Gasteiger partial charge in [0.1, 0.15) is 12.4 Å². The number of rotatable bonds is 8. The lowest BCUT2D eigenvalue weighted by atomic mass is 9.95. The van der Waals surface area contributed by atoms with Gasteiger partial charge in [-0.1, -0.05) is 24.3 Å². The van der Waals surface area contributed by atoms with Crippen LogP contribution in [0.5, 0.6) is 5.75 Å². The van der Waals surface area contributed by atoms with Gasteiger partial charge in [-0.3, -0.25) is 0 Å². The summed E-state index contributed by atoms with van der Waals surface area (Å²) in [4.78, 5) is 0. The molecule has 3 heteroatoms. The van der Waals surface area contributed by atoms with Gasteiger partial charge in [0.25, 0.3) is 0 Å². The van der Waals surface area contributed by atoms with E-state index in [1.807, 2.05) is 19.1 Å². The Labute approximate surface area is 138 Å². The molecule has 0 aliphatic heterocycles. The van der Waals surface area contributed by atoms with Crippen molar-refractivity contribution in [2.24, 2.45) is 0 Å². The van der Waals surface area contributed by atoms with Gasteiger partial charge in [-0.25, -0.2) is 0 Å². The van der Waals surface area contributed by atoms with E-state index in [9.17, 15) is 5.11 Å². The lowest BCUT2D eigenvalue weighted by Gasteiger charge is -2.14. The molecule has 0 amide bonds. The van der Waals surface area contributed by atoms with E-state index >= 15 is 0 Å². The molecule has 23 heavy (non-hydrogen) atoms. The van der Waals surface area contributed by atoms with Crippen molar-refractivity contribution in [3.63, 3.8) is 0 Å². The van der Waals surface area contributed by atoms with E-state index in [0.717, 1.165) is 17.7 Å². The first-order valence-corrected chi connectivity index (χ1v) is 8.13. The zero-order valence-electron chi connectivity index (χ0n) is 14.3. The maximum atomic E-state index is 9.27. The van der Waals surface area contributed by atoms with Crippen molar-refractivity contribution < 1.29 is 14.6 Å². The number of aliphatic hydroxyl groups is 1. The van der Waals surface area contributed by atoms with Crippen molar-refractivity contribution in [3.8, 4) is 5.75 Å². The zero-order chi connectivity index (χ0) is 16.7. The standard InChI is InChI=1S/C20H26O3/c1-4-22-8-9-23-19-10-15(2)20(16(3)11-19)13-17-6-5-7-18(12-17)14-21/h5-7,10-12,21H,4,8-9,13-14H2,1-3H3. The molecular formula is C20H26O3. The second-order valence-electron chi connectivity index (χ2n) is 5.74. The summed E-state index contributed by atoms with van der Waals surface area (Å²) in [6.45, 7) is 8.21. The molecule has 1 N–H and O–H groups in total. The third-order valence-corrected chi connectivity index (χ3v) is 3.92. The van der Waals surface area contributed by atoms with Gasteiger partial charge < -0.3 is 14.6 Å². The number of aliphatic hydroxyl groups excluding tert-OH is 1. The molecule has 0 atom stereocenters. The lowest BCUT2D eigenvalue weighted by molar-refractivity contribution is 0.110. The third kappa shape index (κ3) is 5.08. The Hall–Kier alpha value is -1.84. The highest BCUT2D eigenvalue weighted by atomic mass is 16.5. The van der Waals surface area contributed by atoms with Crippen LogP contribution < -0.4 is 4.74 Å². The highest BCUT2D eigenvalue weighted by Crippen LogP contribution is 2.24. The van der Waals surface area contributed by atoms with E-state index in [0.29, 0.717) is 19.8 Å². The second kappa shape index (κ2) is 8.70. The molecule has 0 heterocycles. The molecule has 0 fully saturated rings. The molecule has 0 aromatic heterocycles. The molecule has 2 rings (SSSR count). The van der Waals surface area contributed by atoms with Crippen LogP contribution in [0.25, 0.3) is 0 Å². The van der Waals surface area contributed by atoms with Crippen LogP contribution in [0.2, 0.25) is 0 Å². The van der Waals surface area contributed by atoms with E-state index < -0.39 is 0 Å². The summed E-state index contributed by atoms with van der Waals surface area (Å²) >= 11 is 0. The summed E-state index contributed by atoms with van der Waals surface area (Å²) < 4.78 is 11.0. The number of ether oxygens (including phenoxy) is 2. The van der Waals surface area contributed by atoms with E-state index in [1.54, 1.807) is 0 Å². The summed E-state index contributed by atoms with van der Waals surface area (Å²) in [5, 5.41) is 9.27. The average molecular weight is 314 g/mol. The number of hydrogen-bond donors (Lipinski definition) is 1. The van der Waals surface area contributed by atoms with Crippen LogP contribution in [-0.4, -0.2) is 24.9 Å². The van der Waals surface area contributed by atoms with Crippen LogP contribution in [0.15, 0.2) is 36.4 Å². The minimum Gasteiger partial charge on any atom is -0.491 e. The quantitative estimate of drug-likeness (QED) is 0.753. The van der Waals surface area contributed by atoms with Crippen molar-refractivity contribution >= 4 is 0 Å². The predicted molar refractivity (Wildman–Crippen MR) is 93.1 cm³/mol. The fourth-order valence-corrected chi connectivity index (χ4v) is 2.72. The Morgan fingerprint density at radius 2 is 1.65 bits per heavy atom. The highest BCUT2D eigenvalue weighted by Gasteiger charge is 2.08. The Morgan fingerprint density at radius 1 is 0.957 bits per heavy atom. The SMILES string of the molecule is CCOCCOc1cc(C)c(Cc2cccc(CO)c2)c(C)c1. The Bertz CT molecular complexity index is 612. The largest absolute Gasteiger partial charge is 0.491 e. The van der Waals surface area contributed by atoms with Crippen molar-refractivity contribution in [2.75, 3.05) is 19.8 Å². The monoisotopic (exact) mass is 314 g/mol. The van der Waals surface area contributed by atoms with Crippen LogP contribution in [0, 0.1) is 13.8 Å². The van der Waals surface area contributed by atoms with Crippen LogP contribution in [0.4, 0.5) is 0 Å². The summed E-state index contributed by atoms with van der Waals surface area (Å²) in [6.07, 6.45) is 0.866. The smallest absolute Gasteiger partial charge is 0.119 e. The van der Waals surface area contributed by atoms with Crippen LogP contribution in [-0.2, 0) is 17.8 Å². The molecule has 0 unspecified atom stereocenters. The van der Waals surface area contributed by atoms with Gasteiger partial charge in [-0.2, -0.15) is 0 Å². The van der Waals surface area contributed by atoms with Gasteiger partial charge in [0.2, 0.25) is 0 Å². The fraction of sp³-hybridized carbons (Fsp3) is 0.400.